The van der Waals surface area contributed by atoms with Crippen molar-refractivity contribution in [3.63, 3.8) is 0 Å². The predicted octanol–water partition coefficient (Wildman–Crippen LogP) is 5.71. The van der Waals surface area contributed by atoms with E-state index >= 15 is 0 Å². The van der Waals surface area contributed by atoms with Crippen molar-refractivity contribution in [1.29, 1.82) is 0 Å². The average Bonchev–Trinajstić information content (AvgIpc) is 2.70. The Bertz CT molecular complexity index is 1020. The van der Waals surface area contributed by atoms with Gasteiger partial charge in [0.25, 0.3) is 0 Å². The molecule has 0 bridgehead atoms. The number of nitrogens with zero attached hydrogens (tertiary/aromatic N) is 2. The van der Waals surface area contributed by atoms with Crippen LogP contribution in [0.2, 0.25) is 0 Å². The minimum atomic E-state index is -0.842. The summed E-state index contributed by atoms with van der Waals surface area (Å²) in [5.74, 6) is -1.67. The Hall–Kier alpha value is -2.64. The van der Waals surface area contributed by atoms with E-state index in [1.165, 1.54) is 24.8 Å². The van der Waals surface area contributed by atoms with Gasteiger partial charge in [0.15, 0.2) is 17.9 Å². The molecule has 0 N–H and O–H groups in total. The van der Waals surface area contributed by atoms with Gasteiger partial charge < -0.3 is 9.64 Å². The highest BCUT2D eigenvalue weighted by Crippen LogP contribution is 2.30. The Morgan fingerprint density at radius 2 is 1.90 bits per heavy atom. The van der Waals surface area contributed by atoms with Gasteiger partial charge in [-0.25, -0.2) is 13.8 Å². The SMILES string of the molecule is Cc1cc(F)cc(F)c1Oc1nccc(CCN(C)Cc2ccc(Br)cc2)c1C=O. The summed E-state index contributed by atoms with van der Waals surface area (Å²) in [4.78, 5) is 18.0. The molecule has 0 aliphatic heterocycles. The summed E-state index contributed by atoms with van der Waals surface area (Å²) in [6, 6.07) is 11.7. The maximum atomic E-state index is 14.1. The van der Waals surface area contributed by atoms with Gasteiger partial charge in [0.1, 0.15) is 5.82 Å². The summed E-state index contributed by atoms with van der Waals surface area (Å²) >= 11 is 3.43. The Balaban J connectivity index is 1.73. The molecular weight excluding hydrogens is 454 g/mol. The number of aromatic nitrogens is 1. The van der Waals surface area contributed by atoms with E-state index in [1.54, 1.807) is 6.07 Å². The van der Waals surface area contributed by atoms with E-state index in [0.717, 1.165) is 22.6 Å². The molecule has 1 heterocycles. The molecule has 0 atom stereocenters. The monoisotopic (exact) mass is 474 g/mol. The number of likely N-dealkylation sites (N-methyl/N-ethyl adjacent to an activating group) is 1. The summed E-state index contributed by atoms with van der Waals surface area (Å²) in [6.45, 7) is 2.99. The highest BCUT2D eigenvalue weighted by atomic mass is 79.9. The van der Waals surface area contributed by atoms with Gasteiger partial charge in [-0.3, -0.25) is 4.79 Å². The maximum absolute atomic E-state index is 14.1. The Labute approximate surface area is 182 Å². The Morgan fingerprint density at radius 3 is 2.57 bits per heavy atom. The molecule has 3 aromatic rings. The molecule has 4 nitrogen and oxygen atoms in total. The lowest BCUT2D eigenvalue weighted by Gasteiger charge is -2.18. The average molecular weight is 475 g/mol. The van der Waals surface area contributed by atoms with Crippen molar-refractivity contribution in [2.75, 3.05) is 13.6 Å². The molecule has 0 aliphatic rings. The summed E-state index contributed by atoms with van der Waals surface area (Å²) < 4.78 is 34.1. The van der Waals surface area contributed by atoms with Gasteiger partial charge >= 0.3 is 0 Å². The number of rotatable bonds is 8. The number of ether oxygens (including phenoxy) is 1. The second-order valence-electron chi connectivity index (χ2n) is 7.06. The summed E-state index contributed by atoms with van der Waals surface area (Å²) in [7, 11) is 2.00. The molecule has 0 fully saturated rings. The lowest BCUT2D eigenvalue weighted by atomic mass is 10.1. The van der Waals surface area contributed by atoms with Gasteiger partial charge in [-0.1, -0.05) is 28.1 Å². The number of carbonyl (C=O) groups is 1. The summed E-state index contributed by atoms with van der Waals surface area (Å²) in [6.07, 6.45) is 2.76. The second kappa shape index (κ2) is 9.91. The van der Waals surface area contributed by atoms with Gasteiger partial charge in [0, 0.05) is 29.8 Å². The predicted molar refractivity (Wildman–Crippen MR) is 115 cm³/mol. The molecule has 0 radical (unpaired) electrons. The van der Waals surface area contributed by atoms with Crippen LogP contribution in [0.5, 0.6) is 11.6 Å². The third-order valence-electron chi connectivity index (χ3n) is 4.68. The number of benzene rings is 2. The topological polar surface area (TPSA) is 42.4 Å². The van der Waals surface area contributed by atoms with E-state index in [2.05, 4.69) is 37.9 Å². The summed E-state index contributed by atoms with van der Waals surface area (Å²) in [5.41, 5.74) is 2.47. The van der Waals surface area contributed by atoms with E-state index in [1.807, 2.05) is 19.2 Å². The van der Waals surface area contributed by atoms with E-state index in [4.69, 9.17) is 4.74 Å². The number of halogens is 3. The van der Waals surface area contributed by atoms with Crippen LogP contribution in [0.4, 0.5) is 8.78 Å². The lowest BCUT2D eigenvalue weighted by Crippen LogP contribution is -2.21. The number of carbonyl (C=O) groups excluding carboxylic acids is 1. The van der Waals surface area contributed by atoms with Crippen molar-refractivity contribution in [3.05, 3.63) is 87.0 Å². The first-order valence-corrected chi connectivity index (χ1v) is 10.2. The van der Waals surface area contributed by atoms with Gasteiger partial charge in [-0.05, 0) is 61.3 Å². The van der Waals surface area contributed by atoms with Gasteiger partial charge in [-0.15, -0.1) is 0 Å². The van der Waals surface area contributed by atoms with Crippen molar-refractivity contribution >= 4 is 22.2 Å². The molecule has 0 saturated heterocycles. The molecule has 0 aliphatic carbocycles. The van der Waals surface area contributed by atoms with Crippen LogP contribution in [0.15, 0.2) is 53.1 Å². The van der Waals surface area contributed by atoms with Crippen LogP contribution in [0.3, 0.4) is 0 Å². The normalized spacial score (nSPS) is 11.0. The van der Waals surface area contributed by atoms with Gasteiger partial charge in [0.2, 0.25) is 5.88 Å². The standard InChI is InChI=1S/C23H21BrF2N2O2/c1-15-11-19(25)12-21(26)22(15)30-23-20(14-29)17(7-9-27-23)8-10-28(2)13-16-3-5-18(24)6-4-16/h3-7,9,11-12,14H,8,10,13H2,1-2H3. The van der Waals surface area contributed by atoms with Crippen molar-refractivity contribution in [2.45, 2.75) is 19.9 Å². The lowest BCUT2D eigenvalue weighted by molar-refractivity contribution is 0.111. The fraction of sp³-hybridized carbons (Fsp3) is 0.217. The van der Waals surface area contributed by atoms with Crippen molar-refractivity contribution in [1.82, 2.24) is 9.88 Å². The van der Waals surface area contributed by atoms with Gasteiger partial charge in [0.05, 0.1) is 5.56 Å². The number of pyridine rings is 1. The molecule has 0 saturated carbocycles. The maximum Gasteiger partial charge on any atom is 0.230 e. The van der Waals surface area contributed by atoms with Crippen molar-refractivity contribution in [2.24, 2.45) is 0 Å². The molecule has 0 unspecified atom stereocenters. The van der Waals surface area contributed by atoms with Crippen LogP contribution in [0.1, 0.15) is 27.0 Å². The van der Waals surface area contributed by atoms with Crippen LogP contribution in [0, 0.1) is 18.6 Å². The molecule has 2 aromatic carbocycles. The number of hydrogen-bond donors (Lipinski definition) is 0. The number of hydrogen-bond acceptors (Lipinski definition) is 4. The number of aryl methyl sites for hydroxylation is 1. The Morgan fingerprint density at radius 1 is 1.17 bits per heavy atom. The smallest absolute Gasteiger partial charge is 0.230 e. The van der Waals surface area contributed by atoms with E-state index in [0.29, 0.717) is 19.3 Å². The number of aldehydes is 1. The molecule has 0 amide bonds. The van der Waals surface area contributed by atoms with Crippen molar-refractivity contribution in [3.8, 4) is 11.6 Å². The van der Waals surface area contributed by atoms with Crippen LogP contribution in [0.25, 0.3) is 0 Å². The first-order chi connectivity index (χ1) is 14.4. The highest BCUT2D eigenvalue weighted by Gasteiger charge is 2.16. The van der Waals surface area contributed by atoms with Crippen LogP contribution in [-0.4, -0.2) is 29.8 Å². The molecule has 1 aromatic heterocycles. The minimum absolute atomic E-state index is 0.00618. The van der Waals surface area contributed by atoms with Crippen LogP contribution in [-0.2, 0) is 13.0 Å². The third kappa shape index (κ3) is 5.49. The zero-order valence-electron chi connectivity index (χ0n) is 16.7. The molecule has 30 heavy (non-hydrogen) atoms. The van der Waals surface area contributed by atoms with Gasteiger partial charge in [-0.2, -0.15) is 0 Å². The fourth-order valence-corrected chi connectivity index (χ4v) is 3.39. The first kappa shape index (κ1) is 22.1. The van der Waals surface area contributed by atoms with Crippen LogP contribution >= 0.6 is 15.9 Å². The zero-order chi connectivity index (χ0) is 21.7. The molecule has 0 spiro atoms. The summed E-state index contributed by atoms with van der Waals surface area (Å²) in [5, 5.41) is 0. The second-order valence-corrected chi connectivity index (χ2v) is 7.97. The largest absolute Gasteiger partial charge is 0.435 e. The highest BCUT2D eigenvalue weighted by molar-refractivity contribution is 9.10. The van der Waals surface area contributed by atoms with E-state index in [-0.39, 0.29) is 22.8 Å². The van der Waals surface area contributed by atoms with Crippen LogP contribution < -0.4 is 4.74 Å². The molecule has 3 rings (SSSR count). The molecule has 7 heteroatoms. The quantitative estimate of drug-likeness (QED) is 0.392. The minimum Gasteiger partial charge on any atom is -0.435 e. The first-order valence-electron chi connectivity index (χ1n) is 9.37. The zero-order valence-corrected chi connectivity index (χ0v) is 18.2. The molecule has 156 valence electrons. The van der Waals surface area contributed by atoms with Crippen molar-refractivity contribution < 1.29 is 18.3 Å². The van der Waals surface area contributed by atoms with E-state index in [9.17, 15) is 13.6 Å². The third-order valence-corrected chi connectivity index (χ3v) is 5.21. The molecular formula is C23H21BrF2N2O2. The Kier molecular flexibility index (Phi) is 7.29. The van der Waals surface area contributed by atoms with E-state index < -0.39 is 11.6 Å². The fourth-order valence-electron chi connectivity index (χ4n) is 3.12.